The third kappa shape index (κ3) is 3.55. The van der Waals surface area contributed by atoms with Gasteiger partial charge in [0.05, 0.1) is 12.7 Å². The molecule has 0 radical (unpaired) electrons. The van der Waals surface area contributed by atoms with Crippen molar-refractivity contribution in [1.29, 1.82) is 0 Å². The molecular weight excluding hydrogens is 228 g/mol. The molecule has 98 valence electrons. The lowest BCUT2D eigenvalue weighted by molar-refractivity contribution is 0.0168. The highest BCUT2D eigenvalue weighted by Gasteiger charge is 2.13. The number of hydrogen-bond acceptors (Lipinski definition) is 3. The van der Waals surface area contributed by atoms with Gasteiger partial charge in [0.25, 0.3) is 5.91 Å². The molecule has 4 nitrogen and oxygen atoms in total. The van der Waals surface area contributed by atoms with Gasteiger partial charge in [-0.25, -0.2) is 5.84 Å². The van der Waals surface area contributed by atoms with Gasteiger partial charge in [-0.3, -0.25) is 10.2 Å². The lowest BCUT2D eigenvalue weighted by Gasteiger charge is -2.22. The number of rotatable bonds is 4. The summed E-state index contributed by atoms with van der Waals surface area (Å²) in [6.45, 7) is 0.620. The average molecular weight is 248 g/mol. The topological polar surface area (TPSA) is 64.3 Å². The maximum absolute atomic E-state index is 11.3. The summed E-state index contributed by atoms with van der Waals surface area (Å²) in [5.41, 5.74) is 3.77. The Hall–Kier alpha value is -1.39. The number of nitrogens with two attached hydrogens (primary N) is 1. The van der Waals surface area contributed by atoms with Crippen molar-refractivity contribution in [3.63, 3.8) is 0 Å². The molecule has 0 bridgehead atoms. The molecule has 0 spiro atoms. The number of amides is 1. The highest BCUT2D eigenvalue weighted by atomic mass is 16.5. The van der Waals surface area contributed by atoms with E-state index in [2.05, 4.69) is 5.43 Å². The lowest BCUT2D eigenvalue weighted by Crippen LogP contribution is -2.29. The van der Waals surface area contributed by atoms with Crippen molar-refractivity contribution in [1.82, 2.24) is 5.43 Å². The Bertz CT molecular complexity index is 383. The Labute approximate surface area is 107 Å². The van der Waals surface area contributed by atoms with E-state index in [0.29, 0.717) is 18.3 Å². The van der Waals surface area contributed by atoms with Crippen molar-refractivity contribution >= 4 is 5.91 Å². The van der Waals surface area contributed by atoms with Gasteiger partial charge in [-0.15, -0.1) is 0 Å². The van der Waals surface area contributed by atoms with Crippen molar-refractivity contribution < 1.29 is 9.53 Å². The number of hydrogen-bond donors (Lipinski definition) is 2. The van der Waals surface area contributed by atoms with E-state index >= 15 is 0 Å². The summed E-state index contributed by atoms with van der Waals surface area (Å²) >= 11 is 0. The van der Waals surface area contributed by atoms with Gasteiger partial charge < -0.3 is 4.74 Å². The van der Waals surface area contributed by atoms with Crippen LogP contribution >= 0.6 is 0 Å². The molecule has 0 saturated heterocycles. The van der Waals surface area contributed by atoms with Crippen molar-refractivity contribution in [2.75, 3.05) is 0 Å². The molecule has 1 fully saturated rings. The van der Waals surface area contributed by atoms with Gasteiger partial charge in [0.1, 0.15) is 0 Å². The molecule has 1 aliphatic carbocycles. The van der Waals surface area contributed by atoms with Crippen LogP contribution < -0.4 is 11.3 Å². The minimum atomic E-state index is -0.269. The number of hydrazine groups is 1. The van der Waals surface area contributed by atoms with E-state index in [1.807, 2.05) is 12.1 Å². The molecule has 0 aromatic heterocycles. The normalized spacial score (nSPS) is 16.5. The number of benzene rings is 1. The van der Waals surface area contributed by atoms with Crippen LogP contribution in [-0.4, -0.2) is 12.0 Å². The first-order valence-corrected chi connectivity index (χ1v) is 6.51. The van der Waals surface area contributed by atoms with E-state index in [9.17, 15) is 4.79 Å². The highest BCUT2D eigenvalue weighted by molar-refractivity contribution is 5.93. The molecule has 3 N–H and O–H groups in total. The minimum Gasteiger partial charge on any atom is -0.374 e. The van der Waals surface area contributed by atoms with Crippen molar-refractivity contribution in [2.45, 2.75) is 44.8 Å². The van der Waals surface area contributed by atoms with Gasteiger partial charge >= 0.3 is 0 Å². The Balaban J connectivity index is 1.84. The van der Waals surface area contributed by atoms with E-state index in [1.54, 1.807) is 12.1 Å². The predicted molar refractivity (Wildman–Crippen MR) is 69.8 cm³/mol. The second kappa shape index (κ2) is 6.52. The zero-order valence-electron chi connectivity index (χ0n) is 10.5. The summed E-state index contributed by atoms with van der Waals surface area (Å²) in [7, 11) is 0. The molecule has 4 heteroatoms. The largest absolute Gasteiger partial charge is 0.374 e. The zero-order chi connectivity index (χ0) is 12.8. The molecule has 1 aromatic carbocycles. The molecule has 0 unspecified atom stereocenters. The lowest BCUT2D eigenvalue weighted by atomic mass is 9.98. The third-order valence-corrected chi connectivity index (χ3v) is 3.39. The fourth-order valence-corrected chi connectivity index (χ4v) is 2.28. The Morgan fingerprint density at radius 1 is 1.22 bits per heavy atom. The van der Waals surface area contributed by atoms with Gasteiger partial charge in [0.2, 0.25) is 0 Å². The first kappa shape index (κ1) is 13.1. The molecule has 1 aliphatic rings. The predicted octanol–water partition coefficient (Wildman–Crippen LogP) is 2.14. The molecule has 0 atom stereocenters. The van der Waals surface area contributed by atoms with Gasteiger partial charge in [-0.2, -0.15) is 0 Å². The summed E-state index contributed by atoms with van der Waals surface area (Å²) in [6.07, 6.45) is 6.65. The van der Waals surface area contributed by atoms with E-state index < -0.39 is 0 Å². The summed E-state index contributed by atoms with van der Waals surface area (Å²) in [5, 5.41) is 0. The first-order chi connectivity index (χ1) is 8.79. The Morgan fingerprint density at radius 3 is 2.50 bits per heavy atom. The van der Waals surface area contributed by atoms with Crippen LogP contribution in [0.4, 0.5) is 0 Å². The molecular formula is C14H20N2O2. The van der Waals surface area contributed by atoms with E-state index in [0.717, 1.165) is 5.56 Å². The van der Waals surface area contributed by atoms with Crippen LogP contribution in [0.3, 0.4) is 0 Å². The van der Waals surface area contributed by atoms with Crippen LogP contribution in [0.2, 0.25) is 0 Å². The van der Waals surface area contributed by atoms with Crippen LogP contribution in [-0.2, 0) is 11.3 Å². The van der Waals surface area contributed by atoms with Gasteiger partial charge in [-0.05, 0) is 30.5 Å². The van der Waals surface area contributed by atoms with Crippen molar-refractivity contribution in [3.05, 3.63) is 35.4 Å². The molecule has 0 heterocycles. The van der Waals surface area contributed by atoms with Crippen LogP contribution in [0.5, 0.6) is 0 Å². The van der Waals surface area contributed by atoms with Gasteiger partial charge in [0.15, 0.2) is 0 Å². The van der Waals surface area contributed by atoms with Crippen LogP contribution in [0.15, 0.2) is 24.3 Å². The molecule has 2 rings (SSSR count). The summed E-state index contributed by atoms with van der Waals surface area (Å²) < 4.78 is 5.87. The summed E-state index contributed by atoms with van der Waals surface area (Å²) in [6, 6.07) is 7.35. The third-order valence-electron chi connectivity index (χ3n) is 3.39. The summed E-state index contributed by atoms with van der Waals surface area (Å²) in [4.78, 5) is 11.3. The van der Waals surface area contributed by atoms with E-state index in [-0.39, 0.29) is 5.91 Å². The van der Waals surface area contributed by atoms with Crippen molar-refractivity contribution in [2.24, 2.45) is 5.84 Å². The van der Waals surface area contributed by atoms with Crippen LogP contribution in [0, 0.1) is 0 Å². The second-order valence-electron chi connectivity index (χ2n) is 4.74. The molecule has 1 aromatic rings. The Kier molecular flexibility index (Phi) is 4.73. The molecule has 1 amide bonds. The number of carbonyl (C=O) groups excluding carboxylic acids is 1. The maximum Gasteiger partial charge on any atom is 0.265 e. The van der Waals surface area contributed by atoms with E-state index in [1.165, 1.54) is 32.1 Å². The summed E-state index contributed by atoms with van der Waals surface area (Å²) in [5.74, 6) is 4.81. The SMILES string of the molecule is NNC(=O)c1ccc(COC2CCCCC2)cc1. The van der Waals surface area contributed by atoms with E-state index in [4.69, 9.17) is 10.6 Å². The molecule has 0 aliphatic heterocycles. The maximum atomic E-state index is 11.3. The average Bonchev–Trinajstić information content (AvgIpc) is 2.46. The zero-order valence-corrected chi connectivity index (χ0v) is 10.5. The molecule has 1 saturated carbocycles. The molecule has 18 heavy (non-hydrogen) atoms. The smallest absolute Gasteiger partial charge is 0.265 e. The van der Waals surface area contributed by atoms with Gasteiger partial charge in [-0.1, -0.05) is 31.4 Å². The standard InChI is InChI=1S/C14H20N2O2/c15-16-14(17)12-8-6-11(7-9-12)10-18-13-4-2-1-3-5-13/h6-9,13H,1-5,10,15H2,(H,16,17). The number of nitrogens with one attached hydrogen (secondary N) is 1. The van der Waals surface area contributed by atoms with Crippen molar-refractivity contribution in [3.8, 4) is 0 Å². The number of carbonyl (C=O) groups is 1. The number of ether oxygens (including phenoxy) is 1. The fourth-order valence-electron chi connectivity index (χ4n) is 2.28. The Morgan fingerprint density at radius 2 is 1.89 bits per heavy atom. The van der Waals surface area contributed by atoms with Crippen LogP contribution in [0.1, 0.15) is 48.0 Å². The first-order valence-electron chi connectivity index (χ1n) is 6.51. The highest BCUT2D eigenvalue weighted by Crippen LogP contribution is 2.21. The fraction of sp³-hybridized carbons (Fsp3) is 0.500. The van der Waals surface area contributed by atoms with Crippen LogP contribution in [0.25, 0.3) is 0 Å². The minimum absolute atomic E-state index is 0.269. The van der Waals surface area contributed by atoms with Gasteiger partial charge in [0, 0.05) is 5.56 Å². The number of nitrogen functional groups attached to an aromatic ring is 1. The second-order valence-corrected chi connectivity index (χ2v) is 4.74. The quantitative estimate of drug-likeness (QED) is 0.487. The monoisotopic (exact) mass is 248 g/mol.